The van der Waals surface area contributed by atoms with E-state index >= 15 is 0 Å². The second-order valence-electron chi connectivity index (χ2n) is 9.16. The van der Waals surface area contributed by atoms with Gasteiger partial charge in [-0.05, 0) is 71.3 Å². The molecule has 1 saturated heterocycles. The number of benzene rings is 1. The molecule has 23 heavy (non-hydrogen) atoms. The van der Waals surface area contributed by atoms with Gasteiger partial charge in [0.05, 0.1) is 26.4 Å². The van der Waals surface area contributed by atoms with Crippen LogP contribution in [0.3, 0.4) is 0 Å². The molecule has 5 saturated carbocycles. The van der Waals surface area contributed by atoms with E-state index in [0.717, 1.165) is 47.0 Å². The fraction of sp³-hybridized carbons (Fsp3) is 0.700. The van der Waals surface area contributed by atoms with Crippen molar-refractivity contribution in [2.75, 3.05) is 14.2 Å². The number of methoxy groups -OCH3 is 2. The molecule has 2 bridgehead atoms. The lowest BCUT2D eigenvalue weighted by Gasteiger charge is -2.50. The smallest absolute Gasteiger partial charge is 0.122 e. The predicted molar refractivity (Wildman–Crippen MR) is 81.7 cm³/mol. The maximum absolute atomic E-state index is 6.01. The second kappa shape index (κ2) is 2.81. The summed E-state index contributed by atoms with van der Waals surface area (Å²) in [6, 6.07) is 4.29. The Balaban J connectivity index is 1.48. The highest BCUT2D eigenvalue weighted by molar-refractivity contribution is 5.69. The molecule has 7 aliphatic carbocycles. The maximum atomic E-state index is 6.01. The summed E-state index contributed by atoms with van der Waals surface area (Å²) in [5.41, 5.74) is 4.23. The van der Waals surface area contributed by atoms with Crippen LogP contribution in [-0.4, -0.2) is 26.4 Å². The standard InChI is InChI=1S/C20H20O3/c1-21-7-3-4-8(22-2)12-11(7)16-13-14-15(13)18-19(16)5-9-10(23-9)6-20(18,19)17(12)14/h3-4,9-10,13-18H,5-6H2,1-2H3/t9-,10-,13-,14+,15?,16+,17-,18?,19+,20-/m1/s1. The van der Waals surface area contributed by atoms with E-state index in [1.165, 1.54) is 24.0 Å². The lowest BCUT2D eigenvalue weighted by atomic mass is 9.52. The molecule has 118 valence electrons. The van der Waals surface area contributed by atoms with Gasteiger partial charge in [-0.25, -0.2) is 0 Å². The summed E-state index contributed by atoms with van der Waals surface area (Å²) in [6.45, 7) is 0. The van der Waals surface area contributed by atoms with Crippen LogP contribution < -0.4 is 9.47 Å². The van der Waals surface area contributed by atoms with E-state index < -0.39 is 0 Å². The summed E-state index contributed by atoms with van der Waals surface area (Å²) in [7, 11) is 3.67. The average Bonchev–Trinajstić information content (AvgIpc) is 3.48. The highest BCUT2D eigenvalue weighted by atomic mass is 16.6. The van der Waals surface area contributed by atoms with Crippen LogP contribution in [-0.2, 0) is 4.74 Å². The number of ether oxygens (including phenoxy) is 3. The zero-order chi connectivity index (χ0) is 14.9. The van der Waals surface area contributed by atoms with Crippen molar-refractivity contribution in [2.45, 2.75) is 36.9 Å². The molecule has 0 N–H and O–H groups in total. The molecule has 10 atom stereocenters. The first-order valence-electron chi connectivity index (χ1n) is 9.20. The van der Waals surface area contributed by atoms with Gasteiger partial charge >= 0.3 is 0 Å². The number of fused-ring (bicyclic) bond motifs is 1. The molecule has 0 aromatic heterocycles. The molecule has 6 fully saturated rings. The monoisotopic (exact) mass is 308 g/mol. The van der Waals surface area contributed by atoms with E-state index in [1.54, 1.807) is 0 Å². The summed E-state index contributed by atoms with van der Waals surface area (Å²) in [4.78, 5) is 0. The summed E-state index contributed by atoms with van der Waals surface area (Å²) in [5.74, 6) is 7.63. The lowest BCUT2D eigenvalue weighted by molar-refractivity contribution is 0.101. The Labute approximate surface area is 135 Å². The molecule has 3 nitrogen and oxygen atoms in total. The molecule has 1 aromatic carbocycles. The molecular weight excluding hydrogens is 288 g/mol. The lowest BCUT2D eigenvalue weighted by Crippen LogP contribution is -2.43. The van der Waals surface area contributed by atoms with Gasteiger partial charge in [-0.2, -0.15) is 0 Å². The summed E-state index contributed by atoms with van der Waals surface area (Å²) < 4.78 is 17.7. The average molecular weight is 308 g/mol. The Morgan fingerprint density at radius 1 is 0.870 bits per heavy atom. The van der Waals surface area contributed by atoms with Gasteiger partial charge in [-0.15, -0.1) is 0 Å². The Bertz CT molecular complexity index is 767. The van der Waals surface area contributed by atoms with Crippen LogP contribution in [0.15, 0.2) is 12.1 Å². The summed E-state index contributed by atoms with van der Waals surface area (Å²) >= 11 is 0. The Kier molecular flexibility index (Phi) is 1.39. The Hall–Kier alpha value is -1.22. The summed E-state index contributed by atoms with van der Waals surface area (Å²) in [5, 5.41) is 0. The van der Waals surface area contributed by atoms with Gasteiger partial charge < -0.3 is 14.2 Å². The highest BCUT2D eigenvalue weighted by Crippen LogP contribution is 3.07. The summed E-state index contributed by atoms with van der Waals surface area (Å²) in [6.07, 6.45) is 3.85. The topological polar surface area (TPSA) is 31.0 Å². The van der Waals surface area contributed by atoms with Crippen LogP contribution in [0.25, 0.3) is 0 Å². The van der Waals surface area contributed by atoms with Crippen molar-refractivity contribution in [3.8, 4) is 11.5 Å². The third-order valence-corrected chi connectivity index (χ3v) is 9.38. The fourth-order valence-corrected chi connectivity index (χ4v) is 9.33. The quantitative estimate of drug-likeness (QED) is 0.787. The first-order valence-corrected chi connectivity index (χ1v) is 9.20. The van der Waals surface area contributed by atoms with Crippen molar-refractivity contribution < 1.29 is 14.2 Å². The van der Waals surface area contributed by atoms with E-state index in [-0.39, 0.29) is 0 Å². The van der Waals surface area contributed by atoms with Crippen molar-refractivity contribution in [3.63, 3.8) is 0 Å². The molecular formula is C20H20O3. The SMILES string of the molecule is COc1ccc(OC)c2c1[C@@H]1[C@@H]3C4C5[C@@]16C[C@H]1O[C@@H]1C[C@]56[C@@H]2[C@@H]43. The van der Waals surface area contributed by atoms with Crippen LogP contribution in [0, 0.1) is 34.5 Å². The van der Waals surface area contributed by atoms with Crippen molar-refractivity contribution in [1.29, 1.82) is 0 Å². The number of epoxide rings is 1. The molecule has 2 spiro atoms. The van der Waals surface area contributed by atoms with Crippen LogP contribution in [0.5, 0.6) is 11.5 Å². The molecule has 1 aromatic rings. The molecule has 3 heteroatoms. The third-order valence-electron chi connectivity index (χ3n) is 9.38. The van der Waals surface area contributed by atoms with Gasteiger partial charge in [0.25, 0.3) is 0 Å². The van der Waals surface area contributed by atoms with Crippen LogP contribution in [0.2, 0.25) is 0 Å². The van der Waals surface area contributed by atoms with Crippen molar-refractivity contribution in [1.82, 2.24) is 0 Å². The van der Waals surface area contributed by atoms with Crippen LogP contribution in [0.4, 0.5) is 0 Å². The van der Waals surface area contributed by atoms with Crippen molar-refractivity contribution in [2.24, 2.45) is 34.5 Å². The molecule has 1 heterocycles. The molecule has 1 aliphatic heterocycles. The molecule has 0 amide bonds. The Morgan fingerprint density at radius 3 is 1.87 bits per heavy atom. The van der Waals surface area contributed by atoms with Crippen LogP contribution >= 0.6 is 0 Å². The molecule has 8 aliphatic rings. The minimum atomic E-state index is 0.575. The van der Waals surface area contributed by atoms with Gasteiger partial charge in [0.1, 0.15) is 11.5 Å². The Morgan fingerprint density at radius 2 is 1.39 bits per heavy atom. The zero-order valence-corrected chi connectivity index (χ0v) is 13.4. The van der Waals surface area contributed by atoms with E-state index in [9.17, 15) is 0 Å². The molecule has 9 rings (SSSR count). The van der Waals surface area contributed by atoms with Crippen molar-refractivity contribution in [3.05, 3.63) is 23.3 Å². The number of hydrogen-bond donors (Lipinski definition) is 0. The maximum Gasteiger partial charge on any atom is 0.122 e. The molecule has 0 radical (unpaired) electrons. The first-order chi connectivity index (χ1) is 11.3. The second-order valence-corrected chi connectivity index (χ2v) is 9.16. The first kappa shape index (κ1) is 11.4. The minimum Gasteiger partial charge on any atom is -0.496 e. The largest absolute Gasteiger partial charge is 0.496 e. The van der Waals surface area contributed by atoms with Gasteiger partial charge in [-0.3, -0.25) is 0 Å². The zero-order valence-electron chi connectivity index (χ0n) is 13.4. The molecule has 2 unspecified atom stereocenters. The van der Waals surface area contributed by atoms with Gasteiger partial charge in [0, 0.05) is 11.1 Å². The van der Waals surface area contributed by atoms with E-state index in [4.69, 9.17) is 14.2 Å². The van der Waals surface area contributed by atoms with Gasteiger partial charge in [0.15, 0.2) is 0 Å². The minimum absolute atomic E-state index is 0.575. The highest BCUT2D eigenvalue weighted by Gasteiger charge is 3.03. The van der Waals surface area contributed by atoms with E-state index in [0.29, 0.717) is 23.0 Å². The van der Waals surface area contributed by atoms with Crippen molar-refractivity contribution >= 4 is 0 Å². The van der Waals surface area contributed by atoms with Gasteiger partial charge in [-0.1, -0.05) is 0 Å². The van der Waals surface area contributed by atoms with Crippen LogP contribution in [0.1, 0.15) is 35.8 Å². The van der Waals surface area contributed by atoms with E-state index in [2.05, 4.69) is 12.1 Å². The predicted octanol–water partition coefficient (Wildman–Crippen LogP) is 2.94. The van der Waals surface area contributed by atoms with E-state index in [1.807, 2.05) is 14.2 Å². The number of hydrogen-bond acceptors (Lipinski definition) is 3. The van der Waals surface area contributed by atoms with Gasteiger partial charge in [0.2, 0.25) is 0 Å². The fourth-order valence-electron chi connectivity index (χ4n) is 9.33. The normalized spacial score (nSPS) is 62.2. The third kappa shape index (κ3) is 0.782. The number of rotatable bonds is 2.